The van der Waals surface area contributed by atoms with E-state index < -0.39 is 10.8 Å². The first kappa shape index (κ1) is 58.7. The number of fused-ring (bicyclic) bond motifs is 6. The molecule has 0 saturated carbocycles. The lowest BCUT2D eigenvalue weighted by Gasteiger charge is -2.40. The minimum atomic E-state index is -0.723. The number of halogens is 2. The van der Waals surface area contributed by atoms with Gasteiger partial charge in [-0.1, -0.05) is 208 Å². The third-order valence-corrected chi connectivity index (χ3v) is 20.6. The summed E-state index contributed by atoms with van der Waals surface area (Å²) >= 11 is 0. The van der Waals surface area contributed by atoms with Gasteiger partial charge in [0.25, 0.3) is 0 Å². The van der Waals surface area contributed by atoms with E-state index in [4.69, 9.17) is 18.9 Å². The van der Waals surface area contributed by atoms with Crippen molar-refractivity contribution in [1.82, 2.24) is 0 Å². The molecule has 12 aromatic rings. The lowest BCUT2D eigenvalue weighted by atomic mass is 9.67. The molecule has 2 aliphatic heterocycles. The van der Waals surface area contributed by atoms with Crippen molar-refractivity contribution in [3.8, 4) is 44.9 Å². The molecule has 2 atom stereocenters. The highest BCUT2D eigenvalue weighted by Crippen LogP contribution is 2.60. The van der Waals surface area contributed by atoms with Gasteiger partial charge in [0, 0.05) is 22.7 Å². The Morgan fingerprint density at radius 2 is 0.660 bits per heavy atom. The standard InChI is InChI=1S/C86H70F2N2O4/c1-3-83(53-91-54-83)57-93-69-45-35-63(36-46-69)85(61-19-7-5-8-20-61)75-25-13-11-23-71(75)73-49-43-67(51-77(73)85)89(81-29-17-15-27-79(81)87)65-39-31-59(32-40-65)60-33-41-66(42-34-60)90(82-30-18-16-28-80(82)88)68-44-50-74-72-24-12-14-26-76(72)86(78(74)52-68,62-21-9-6-10-22-62)64-37-47-70(48-38-64)94-58-84(4-2)55-92-56-84/h5-52H,3-4,53-58H2,1-2H3. The highest BCUT2D eigenvalue weighted by molar-refractivity contribution is 5.92. The van der Waals surface area contributed by atoms with E-state index in [1.165, 1.54) is 23.3 Å². The molecule has 8 heteroatoms. The molecule has 0 N–H and O–H groups in total. The Morgan fingerprint density at radius 3 is 1.02 bits per heavy atom. The molecule has 94 heavy (non-hydrogen) atoms. The molecule has 16 rings (SSSR count). The Morgan fingerprint density at radius 1 is 0.330 bits per heavy atom. The summed E-state index contributed by atoms with van der Waals surface area (Å²) in [5.74, 6) is 0.957. The van der Waals surface area contributed by atoms with E-state index >= 15 is 8.78 Å². The highest BCUT2D eigenvalue weighted by atomic mass is 19.1. The Hall–Kier alpha value is -10.4. The van der Waals surface area contributed by atoms with Gasteiger partial charge < -0.3 is 28.7 Å². The van der Waals surface area contributed by atoms with Crippen molar-refractivity contribution < 1.29 is 27.7 Å². The lowest BCUT2D eigenvalue weighted by molar-refractivity contribution is -0.133. The molecule has 462 valence electrons. The number of anilines is 6. The third kappa shape index (κ3) is 9.72. The minimum Gasteiger partial charge on any atom is -0.493 e. The summed E-state index contributed by atoms with van der Waals surface area (Å²) in [7, 11) is 0. The van der Waals surface area contributed by atoms with Crippen LogP contribution in [0.25, 0.3) is 33.4 Å². The van der Waals surface area contributed by atoms with Crippen LogP contribution in [0.1, 0.15) is 71.2 Å². The zero-order valence-corrected chi connectivity index (χ0v) is 52.7. The van der Waals surface area contributed by atoms with E-state index in [0.717, 1.165) is 114 Å². The summed E-state index contributed by atoms with van der Waals surface area (Å²) < 4.78 is 57.5. The Labute approximate surface area is 548 Å². The van der Waals surface area contributed by atoms with Crippen LogP contribution in [0.4, 0.5) is 42.9 Å². The summed E-state index contributed by atoms with van der Waals surface area (Å²) in [5.41, 5.74) is 18.2. The monoisotopic (exact) mass is 1230 g/mol. The molecule has 0 spiro atoms. The molecule has 2 unspecified atom stereocenters. The Bertz CT molecular complexity index is 4430. The Balaban J connectivity index is 0.757. The van der Waals surface area contributed by atoms with Gasteiger partial charge in [0.15, 0.2) is 0 Å². The molecule has 6 nitrogen and oxygen atoms in total. The first-order valence-corrected chi connectivity index (χ1v) is 32.7. The number of rotatable bonds is 19. The first-order valence-electron chi connectivity index (χ1n) is 32.7. The van der Waals surface area contributed by atoms with Gasteiger partial charge in [-0.15, -0.1) is 0 Å². The van der Waals surface area contributed by atoms with Crippen molar-refractivity contribution in [2.45, 2.75) is 37.5 Å². The van der Waals surface area contributed by atoms with Gasteiger partial charge in [-0.3, -0.25) is 0 Å². The van der Waals surface area contributed by atoms with E-state index in [-0.39, 0.29) is 22.5 Å². The minimum absolute atomic E-state index is 0.0452. The van der Waals surface area contributed by atoms with Crippen LogP contribution in [-0.4, -0.2) is 39.6 Å². The maximum Gasteiger partial charge on any atom is 0.147 e. The second-order valence-electron chi connectivity index (χ2n) is 25.8. The van der Waals surface area contributed by atoms with Gasteiger partial charge in [0.05, 0.1) is 72.7 Å². The molecule has 0 aromatic heterocycles. The molecule has 2 aliphatic carbocycles. The van der Waals surface area contributed by atoms with Crippen LogP contribution in [0.3, 0.4) is 0 Å². The first-order chi connectivity index (χ1) is 46.2. The third-order valence-electron chi connectivity index (χ3n) is 20.6. The van der Waals surface area contributed by atoms with Crippen molar-refractivity contribution in [3.63, 3.8) is 0 Å². The molecule has 2 heterocycles. The van der Waals surface area contributed by atoms with Crippen LogP contribution >= 0.6 is 0 Å². The molecule has 12 aromatic carbocycles. The van der Waals surface area contributed by atoms with E-state index in [1.807, 2.05) is 34.1 Å². The van der Waals surface area contributed by atoms with Crippen LogP contribution in [0, 0.1) is 22.5 Å². The lowest BCUT2D eigenvalue weighted by Crippen LogP contribution is -2.46. The predicted octanol–water partition coefficient (Wildman–Crippen LogP) is 20.9. The van der Waals surface area contributed by atoms with Crippen LogP contribution < -0.4 is 19.3 Å². The van der Waals surface area contributed by atoms with Crippen molar-refractivity contribution >= 4 is 34.1 Å². The number of ether oxygens (including phenoxy) is 4. The van der Waals surface area contributed by atoms with Gasteiger partial charge in [-0.05, 0) is 188 Å². The van der Waals surface area contributed by atoms with Gasteiger partial charge in [-0.25, -0.2) is 8.78 Å². The van der Waals surface area contributed by atoms with Crippen LogP contribution in [0.2, 0.25) is 0 Å². The van der Waals surface area contributed by atoms with Crippen molar-refractivity contribution in [1.29, 1.82) is 0 Å². The smallest absolute Gasteiger partial charge is 0.147 e. The van der Waals surface area contributed by atoms with E-state index in [9.17, 15) is 0 Å². The second-order valence-corrected chi connectivity index (χ2v) is 25.8. The summed E-state index contributed by atoms with van der Waals surface area (Å²) in [5, 5.41) is 0. The predicted molar refractivity (Wildman–Crippen MR) is 374 cm³/mol. The maximum atomic E-state index is 16.6. The van der Waals surface area contributed by atoms with Crippen LogP contribution in [0.15, 0.2) is 291 Å². The average molecular weight is 1230 g/mol. The fourth-order valence-corrected chi connectivity index (χ4v) is 15.1. The second kappa shape index (κ2) is 23.9. The zero-order chi connectivity index (χ0) is 63.4. The zero-order valence-electron chi connectivity index (χ0n) is 52.7. The van der Waals surface area contributed by atoms with Gasteiger partial charge in [0.1, 0.15) is 23.1 Å². The van der Waals surface area contributed by atoms with E-state index in [0.29, 0.717) is 51.0 Å². The summed E-state index contributed by atoms with van der Waals surface area (Å²) in [6, 6.07) is 99.9. The molecule has 2 saturated heterocycles. The van der Waals surface area contributed by atoms with E-state index in [2.05, 4.69) is 257 Å². The quantitative estimate of drug-likeness (QED) is 0.0804. The number of hydrogen-bond donors (Lipinski definition) is 0. The fourth-order valence-electron chi connectivity index (χ4n) is 15.1. The number of benzene rings is 12. The maximum absolute atomic E-state index is 16.6. The largest absolute Gasteiger partial charge is 0.493 e. The summed E-state index contributed by atoms with van der Waals surface area (Å²) in [4.78, 5) is 4.05. The van der Waals surface area contributed by atoms with Crippen LogP contribution in [-0.2, 0) is 20.3 Å². The molecular formula is C86H70F2N2O4. The topological polar surface area (TPSA) is 43.4 Å². The average Bonchev–Trinajstić information content (AvgIpc) is 1.53. The summed E-state index contributed by atoms with van der Waals surface area (Å²) in [6.45, 7) is 8.47. The van der Waals surface area contributed by atoms with Crippen LogP contribution in [0.5, 0.6) is 11.5 Å². The van der Waals surface area contributed by atoms with Gasteiger partial charge >= 0.3 is 0 Å². The Kier molecular flexibility index (Phi) is 14.9. The molecule has 4 aliphatic rings. The highest BCUT2D eigenvalue weighted by Gasteiger charge is 2.49. The molecular weight excluding hydrogens is 1160 g/mol. The van der Waals surface area contributed by atoms with Crippen molar-refractivity contribution in [3.05, 3.63) is 347 Å². The molecule has 0 radical (unpaired) electrons. The number of nitrogens with zero attached hydrogens (tertiary/aromatic N) is 2. The molecule has 0 bridgehead atoms. The molecule has 0 amide bonds. The van der Waals surface area contributed by atoms with Gasteiger partial charge in [0.2, 0.25) is 0 Å². The molecule has 2 fully saturated rings. The van der Waals surface area contributed by atoms with Crippen molar-refractivity contribution in [2.24, 2.45) is 10.8 Å². The number of hydrogen-bond acceptors (Lipinski definition) is 6. The summed E-state index contributed by atoms with van der Waals surface area (Å²) in [6.07, 6.45) is 1.99. The normalized spacial score (nSPS) is 17.5. The van der Waals surface area contributed by atoms with Crippen molar-refractivity contribution in [2.75, 3.05) is 49.4 Å². The van der Waals surface area contributed by atoms with Gasteiger partial charge in [-0.2, -0.15) is 0 Å². The fraction of sp³-hybridized carbons (Fsp3) is 0.163. The SMILES string of the molecule is CCC1(COc2ccc(C3(c4ccccc4)c4ccccc4-c4ccc(N(c5ccc(-c6ccc(N(c7ccc8c(c7)C(c7ccccc7)(c7ccc(OCC9(CC)COC9)cc7)c7ccccc7-8)c7ccccc7F)cc6)cc5)c5ccccc5F)cc43)cc2)COC1. The number of para-hydroxylation sites is 2. The van der Waals surface area contributed by atoms with E-state index in [1.54, 1.807) is 12.1 Å².